The number of anilines is 1. The van der Waals surface area contributed by atoms with Crippen LogP contribution < -0.4 is 5.32 Å². The number of hydroxylamine groups is 1. The molecule has 112 valence electrons. The van der Waals surface area contributed by atoms with Crippen LogP contribution in [-0.2, 0) is 0 Å². The molecule has 2 N–H and O–H groups in total. The van der Waals surface area contributed by atoms with E-state index in [-0.39, 0.29) is 5.84 Å². The van der Waals surface area contributed by atoms with Gasteiger partial charge < -0.3 is 15.6 Å². The zero-order valence-electron chi connectivity index (χ0n) is 11.8. The first kappa shape index (κ1) is 14.6. The van der Waals surface area contributed by atoms with Gasteiger partial charge in [0.25, 0.3) is 0 Å². The third-order valence-corrected chi connectivity index (χ3v) is 3.71. The first-order valence-electron chi connectivity index (χ1n) is 6.72. The largest absolute Gasteiger partial charge is 0.621 e. The van der Waals surface area contributed by atoms with Crippen molar-refractivity contribution < 1.29 is 9.85 Å². The molecule has 0 radical (unpaired) electrons. The summed E-state index contributed by atoms with van der Waals surface area (Å²) in [7, 11) is 1.52. The number of aliphatic hydroxyl groups excluding tert-OH is 1. The Hall–Kier alpha value is -2.37. The van der Waals surface area contributed by atoms with Crippen LogP contribution in [0.15, 0.2) is 53.5 Å². The van der Waals surface area contributed by atoms with Gasteiger partial charge in [0.05, 0.1) is 11.3 Å². The van der Waals surface area contributed by atoms with E-state index in [2.05, 4.69) is 10.3 Å². The normalized spacial score (nSPS) is 19.6. The summed E-state index contributed by atoms with van der Waals surface area (Å²) < 4.78 is 0.548. The Morgan fingerprint density at radius 1 is 1.23 bits per heavy atom. The molecule has 1 aliphatic rings. The van der Waals surface area contributed by atoms with Crippen LogP contribution in [0, 0.1) is 5.21 Å². The maximum absolute atomic E-state index is 12.7. The number of rotatable bonds is 1. The Balaban J connectivity index is 2.32. The highest BCUT2D eigenvalue weighted by molar-refractivity contribution is 6.31. The van der Waals surface area contributed by atoms with Crippen molar-refractivity contribution in [2.24, 2.45) is 4.99 Å². The number of aliphatic imine (C=N–C) groups is 1. The second-order valence-electron chi connectivity index (χ2n) is 4.84. The fourth-order valence-electron chi connectivity index (χ4n) is 2.43. The summed E-state index contributed by atoms with van der Waals surface area (Å²) in [5, 5.41) is 26.4. The van der Waals surface area contributed by atoms with Gasteiger partial charge in [-0.2, -0.15) is 4.74 Å². The van der Waals surface area contributed by atoms with Crippen molar-refractivity contribution in [2.75, 3.05) is 12.4 Å². The zero-order chi connectivity index (χ0) is 15.7. The Bertz CT molecular complexity index is 772. The lowest BCUT2D eigenvalue weighted by Crippen LogP contribution is -2.36. The molecular formula is C16H14ClN3O2. The van der Waals surface area contributed by atoms with Gasteiger partial charge in [0.1, 0.15) is 0 Å². The maximum Gasteiger partial charge on any atom is 0.325 e. The molecular weight excluding hydrogens is 302 g/mol. The molecule has 1 atom stereocenters. The molecule has 0 saturated heterocycles. The lowest BCUT2D eigenvalue weighted by Gasteiger charge is -2.13. The Morgan fingerprint density at radius 3 is 2.64 bits per heavy atom. The summed E-state index contributed by atoms with van der Waals surface area (Å²) in [4.78, 5) is 3.96. The highest BCUT2D eigenvalue weighted by Crippen LogP contribution is 2.26. The number of fused-ring (bicyclic) bond motifs is 1. The van der Waals surface area contributed by atoms with E-state index in [9.17, 15) is 10.3 Å². The average molecular weight is 316 g/mol. The second-order valence-corrected chi connectivity index (χ2v) is 5.27. The van der Waals surface area contributed by atoms with Crippen LogP contribution in [0.4, 0.5) is 5.69 Å². The van der Waals surface area contributed by atoms with E-state index in [0.717, 1.165) is 0 Å². The van der Waals surface area contributed by atoms with E-state index in [4.69, 9.17) is 11.6 Å². The molecule has 1 heterocycles. The number of nitrogens with zero attached hydrogens (tertiary/aromatic N) is 2. The van der Waals surface area contributed by atoms with Gasteiger partial charge >= 0.3 is 6.23 Å². The number of hydrogen-bond acceptors (Lipinski definition) is 3. The van der Waals surface area contributed by atoms with Crippen LogP contribution in [0.25, 0.3) is 0 Å². The van der Waals surface area contributed by atoms with Crippen LogP contribution in [-0.4, -0.2) is 34.7 Å². The molecule has 3 rings (SSSR count). The van der Waals surface area contributed by atoms with Crippen molar-refractivity contribution in [3.63, 3.8) is 0 Å². The first-order valence-corrected chi connectivity index (χ1v) is 7.10. The smallest absolute Gasteiger partial charge is 0.325 e. The third-order valence-electron chi connectivity index (χ3n) is 3.47. The molecule has 0 saturated carbocycles. The quantitative estimate of drug-likeness (QED) is 0.627. The summed E-state index contributed by atoms with van der Waals surface area (Å²) >= 11 is 6.08. The number of hydrogen-bond donors (Lipinski definition) is 2. The molecule has 1 unspecified atom stereocenters. The van der Waals surface area contributed by atoms with Crippen LogP contribution >= 0.6 is 11.6 Å². The maximum atomic E-state index is 12.7. The number of halogens is 1. The minimum atomic E-state index is -1.41. The number of nitrogens with one attached hydrogen (secondary N) is 1. The molecule has 1 aliphatic heterocycles. The van der Waals surface area contributed by atoms with Crippen molar-refractivity contribution >= 4 is 28.8 Å². The molecule has 0 amide bonds. The van der Waals surface area contributed by atoms with E-state index in [1.807, 2.05) is 30.3 Å². The molecule has 6 heteroatoms. The van der Waals surface area contributed by atoms with Crippen molar-refractivity contribution in [2.45, 2.75) is 6.23 Å². The summed E-state index contributed by atoms with van der Waals surface area (Å²) in [6.07, 6.45) is -1.41. The minimum absolute atomic E-state index is 0.185. The van der Waals surface area contributed by atoms with Gasteiger partial charge in [-0.25, -0.2) is 0 Å². The van der Waals surface area contributed by atoms with E-state index in [1.54, 1.807) is 18.2 Å². The highest BCUT2D eigenvalue weighted by Gasteiger charge is 2.32. The molecule has 0 aliphatic carbocycles. The Kier molecular flexibility index (Phi) is 3.83. The summed E-state index contributed by atoms with van der Waals surface area (Å²) in [5.74, 6) is 0.185. The molecule has 2 aromatic carbocycles. The molecule has 0 fully saturated rings. The Morgan fingerprint density at radius 2 is 1.95 bits per heavy atom. The van der Waals surface area contributed by atoms with E-state index in [1.165, 1.54) is 7.05 Å². The van der Waals surface area contributed by atoms with Gasteiger partial charge in [-0.05, 0) is 30.3 Å². The SMILES string of the molecule is CN=C1Nc2ccc(Cl)cc2C(c2ccccc2)=[N+]([O-])C1O. The van der Waals surface area contributed by atoms with E-state index >= 15 is 0 Å². The monoisotopic (exact) mass is 315 g/mol. The predicted octanol–water partition coefficient (Wildman–Crippen LogP) is 2.46. The summed E-state index contributed by atoms with van der Waals surface area (Å²) in [5.41, 5.74) is 2.32. The Labute approximate surface area is 132 Å². The van der Waals surface area contributed by atoms with E-state index < -0.39 is 6.23 Å². The molecule has 0 aromatic heterocycles. The standard InChI is InChI=1S/C16H14ClN3O2/c1-18-15-16(21)20(22)14(10-5-3-2-4-6-10)12-9-11(17)7-8-13(12)19-15/h2-9,16,21H,1H3,(H,18,19). The van der Waals surface area contributed by atoms with Crippen molar-refractivity contribution in [3.05, 3.63) is 69.9 Å². The number of aliphatic hydroxyl groups is 1. The fraction of sp³-hybridized carbons (Fsp3) is 0.125. The van der Waals surface area contributed by atoms with E-state index in [0.29, 0.717) is 32.3 Å². The van der Waals surface area contributed by atoms with Crippen molar-refractivity contribution in [1.29, 1.82) is 0 Å². The van der Waals surface area contributed by atoms with Crippen molar-refractivity contribution in [3.8, 4) is 0 Å². The predicted molar refractivity (Wildman–Crippen MR) is 87.7 cm³/mol. The lowest BCUT2D eigenvalue weighted by molar-refractivity contribution is -0.527. The molecule has 0 spiro atoms. The second kappa shape index (κ2) is 5.79. The fourth-order valence-corrected chi connectivity index (χ4v) is 2.60. The molecule has 5 nitrogen and oxygen atoms in total. The van der Waals surface area contributed by atoms with Gasteiger partial charge in [0.15, 0.2) is 0 Å². The molecule has 22 heavy (non-hydrogen) atoms. The van der Waals surface area contributed by atoms with Gasteiger partial charge in [-0.3, -0.25) is 4.99 Å². The van der Waals surface area contributed by atoms with Gasteiger partial charge in [-0.15, -0.1) is 0 Å². The topological polar surface area (TPSA) is 70.7 Å². The summed E-state index contributed by atoms with van der Waals surface area (Å²) in [6, 6.07) is 14.3. The first-order chi connectivity index (χ1) is 10.6. The zero-order valence-corrected chi connectivity index (χ0v) is 12.6. The van der Waals surface area contributed by atoms with Crippen LogP contribution in [0.2, 0.25) is 5.02 Å². The van der Waals surface area contributed by atoms with Gasteiger partial charge in [0.2, 0.25) is 11.5 Å². The number of benzodiazepines with no additional fused rings is 1. The van der Waals surface area contributed by atoms with Gasteiger partial charge in [0, 0.05) is 17.6 Å². The number of amidine groups is 1. The lowest BCUT2D eigenvalue weighted by atomic mass is 10.0. The summed E-state index contributed by atoms with van der Waals surface area (Å²) in [6.45, 7) is 0. The highest BCUT2D eigenvalue weighted by atomic mass is 35.5. The molecule has 2 aromatic rings. The van der Waals surface area contributed by atoms with Crippen molar-refractivity contribution in [1.82, 2.24) is 0 Å². The third kappa shape index (κ3) is 2.45. The minimum Gasteiger partial charge on any atom is -0.621 e. The number of benzene rings is 2. The van der Waals surface area contributed by atoms with Crippen LogP contribution in [0.5, 0.6) is 0 Å². The van der Waals surface area contributed by atoms with Crippen LogP contribution in [0.3, 0.4) is 0 Å². The average Bonchev–Trinajstić information content (AvgIpc) is 2.64. The van der Waals surface area contributed by atoms with Gasteiger partial charge in [-0.1, -0.05) is 29.8 Å². The van der Waals surface area contributed by atoms with Crippen LogP contribution in [0.1, 0.15) is 11.1 Å². The molecule has 0 bridgehead atoms.